The van der Waals surface area contributed by atoms with Crippen LogP contribution in [0.15, 0.2) is 84.4 Å². The Labute approximate surface area is 155 Å². The monoisotopic (exact) mass is 353 g/mol. The van der Waals surface area contributed by atoms with Gasteiger partial charge in [-0.05, 0) is 11.5 Å². The summed E-state index contributed by atoms with van der Waals surface area (Å²) < 4.78 is 0. The van der Waals surface area contributed by atoms with Crippen LogP contribution in [0.1, 0.15) is 5.01 Å². The zero-order valence-electron chi connectivity index (χ0n) is 13.9. The minimum atomic E-state index is 0.519. The Bertz CT molecular complexity index is 1120. The Morgan fingerprint density at radius 2 is 1.73 bits per heavy atom. The van der Waals surface area contributed by atoms with Crippen molar-refractivity contribution in [2.75, 3.05) is 5.32 Å². The van der Waals surface area contributed by atoms with Gasteiger partial charge in [0.2, 0.25) is 0 Å². The van der Waals surface area contributed by atoms with Crippen molar-refractivity contribution in [2.24, 2.45) is 0 Å². The highest BCUT2D eigenvalue weighted by Gasteiger charge is 2.09. The van der Waals surface area contributed by atoms with Crippen LogP contribution >= 0.6 is 11.3 Å². The summed E-state index contributed by atoms with van der Waals surface area (Å²) in [7, 11) is 0. The first kappa shape index (κ1) is 16.1. The molecular weight excluding hydrogens is 338 g/mol. The average Bonchev–Trinajstić information content (AvgIpc) is 3.19. The fourth-order valence-corrected chi connectivity index (χ4v) is 3.58. The van der Waals surface area contributed by atoms with Crippen molar-refractivity contribution in [3.8, 4) is 17.3 Å². The Hall–Kier alpha value is -3.42. The van der Waals surface area contributed by atoms with Crippen molar-refractivity contribution < 1.29 is 0 Å². The smallest absolute Gasteiger partial charge is 0.136 e. The van der Waals surface area contributed by atoms with Crippen LogP contribution in [-0.2, 0) is 0 Å². The second-order valence-corrected chi connectivity index (χ2v) is 6.60. The first-order chi connectivity index (χ1) is 12.8. The summed E-state index contributed by atoms with van der Waals surface area (Å²) in [5.41, 5.74) is 3.42. The van der Waals surface area contributed by atoms with Crippen molar-refractivity contribution in [3.05, 3.63) is 89.4 Å². The summed E-state index contributed by atoms with van der Waals surface area (Å²) in [5.74, 6) is 0. The van der Waals surface area contributed by atoms with Gasteiger partial charge in [0.15, 0.2) is 0 Å². The molecule has 124 valence electrons. The summed E-state index contributed by atoms with van der Waals surface area (Å²) in [6.45, 7) is 0. The number of fused-ring (bicyclic) bond motifs is 1. The third-order valence-electron chi connectivity index (χ3n) is 4.09. The third-order valence-corrected chi connectivity index (χ3v) is 4.96. The van der Waals surface area contributed by atoms with Gasteiger partial charge in [0, 0.05) is 28.2 Å². The number of rotatable bonds is 4. The molecule has 3 aromatic carbocycles. The van der Waals surface area contributed by atoms with Gasteiger partial charge in [-0.2, -0.15) is 5.26 Å². The molecule has 3 nitrogen and oxygen atoms in total. The molecule has 1 N–H and O–H groups in total. The summed E-state index contributed by atoms with van der Waals surface area (Å²) in [5, 5.41) is 17.8. The first-order valence-corrected chi connectivity index (χ1v) is 9.09. The van der Waals surface area contributed by atoms with Crippen LogP contribution in [-0.4, -0.2) is 4.98 Å². The SMILES string of the molecule is N#C/C(=C\Nc1cccc2ccccc12)c1nc(-c2ccccc2)cs1. The van der Waals surface area contributed by atoms with Crippen molar-refractivity contribution in [1.82, 2.24) is 4.98 Å². The number of aromatic nitrogens is 1. The predicted molar refractivity (Wildman–Crippen MR) is 109 cm³/mol. The lowest BCUT2D eigenvalue weighted by molar-refractivity contribution is 1.36. The number of nitrogens with one attached hydrogen (secondary N) is 1. The zero-order chi connectivity index (χ0) is 17.8. The number of allylic oxidation sites excluding steroid dienone is 1. The number of nitriles is 1. The molecule has 0 aliphatic rings. The molecule has 26 heavy (non-hydrogen) atoms. The maximum Gasteiger partial charge on any atom is 0.136 e. The molecule has 0 aliphatic carbocycles. The summed E-state index contributed by atoms with van der Waals surface area (Å²) in [6, 6.07) is 26.5. The first-order valence-electron chi connectivity index (χ1n) is 8.21. The summed E-state index contributed by atoms with van der Waals surface area (Å²) in [6.07, 6.45) is 1.73. The molecule has 0 unspecified atom stereocenters. The normalized spacial score (nSPS) is 11.3. The van der Waals surface area contributed by atoms with E-state index >= 15 is 0 Å². The fraction of sp³-hybridized carbons (Fsp3) is 0. The predicted octanol–water partition coefficient (Wildman–Crippen LogP) is 5.94. The molecule has 0 saturated carbocycles. The largest absolute Gasteiger partial charge is 0.360 e. The van der Waals surface area contributed by atoms with Crippen LogP contribution < -0.4 is 5.32 Å². The number of benzene rings is 3. The Morgan fingerprint density at radius 1 is 0.962 bits per heavy atom. The molecule has 4 rings (SSSR count). The Kier molecular flexibility index (Phi) is 4.46. The van der Waals surface area contributed by atoms with Crippen LogP contribution in [0.5, 0.6) is 0 Å². The molecule has 0 bridgehead atoms. The maximum absolute atomic E-state index is 9.56. The topological polar surface area (TPSA) is 48.7 Å². The Morgan fingerprint density at radius 3 is 2.58 bits per heavy atom. The lowest BCUT2D eigenvalue weighted by Gasteiger charge is -2.06. The molecule has 0 spiro atoms. The highest BCUT2D eigenvalue weighted by Crippen LogP contribution is 2.27. The molecule has 0 aliphatic heterocycles. The van der Waals surface area contributed by atoms with Gasteiger partial charge in [0.05, 0.1) is 5.69 Å². The number of nitrogens with zero attached hydrogens (tertiary/aromatic N) is 2. The molecule has 4 aromatic rings. The van der Waals surface area contributed by atoms with E-state index < -0.39 is 0 Å². The van der Waals surface area contributed by atoms with Gasteiger partial charge in [0.1, 0.15) is 16.6 Å². The molecule has 0 saturated heterocycles. The standard InChI is InChI=1S/C22H15N3S/c23-13-18(22-25-21(15-26-22)17-8-2-1-3-9-17)14-24-20-12-6-10-16-7-4-5-11-19(16)20/h1-12,14-15,24H/b18-14+. The highest BCUT2D eigenvalue weighted by molar-refractivity contribution is 7.11. The molecule has 0 fully saturated rings. The zero-order valence-corrected chi connectivity index (χ0v) is 14.7. The lowest BCUT2D eigenvalue weighted by Crippen LogP contribution is -1.92. The van der Waals surface area contributed by atoms with E-state index in [-0.39, 0.29) is 0 Å². The number of thiazole rings is 1. The second-order valence-electron chi connectivity index (χ2n) is 5.74. The van der Waals surface area contributed by atoms with Crippen LogP contribution in [0.25, 0.3) is 27.6 Å². The van der Waals surface area contributed by atoms with E-state index in [4.69, 9.17) is 0 Å². The molecule has 4 heteroatoms. The molecule has 0 radical (unpaired) electrons. The van der Waals surface area contributed by atoms with E-state index in [1.807, 2.05) is 60.0 Å². The van der Waals surface area contributed by atoms with Crippen molar-refractivity contribution in [3.63, 3.8) is 0 Å². The quantitative estimate of drug-likeness (QED) is 0.462. The fourth-order valence-electron chi connectivity index (χ4n) is 2.78. The van der Waals surface area contributed by atoms with Gasteiger partial charge in [-0.25, -0.2) is 4.98 Å². The molecule has 0 amide bonds. The molecule has 1 heterocycles. The number of hydrogen-bond acceptors (Lipinski definition) is 4. The van der Waals surface area contributed by atoms with Gasteiger partial charge < -0.3 is 5.32 Å². The minimum Gasteiger partial charge on any atom is -0.360 e. The van der Waals surface area contributed by atoms with E-state index in [0.29, 0.717) is 10.6 Å². The van der Waals surface area contributed by atoms with Gasteiger partial charge >= 0.3 is 0 Å². The molecule has 1 aromatic heterocycles. The van der Waals surface area contributed by atoms with Crippen molar-refractivity contribution in [2.45, 2.75) is 0 Å². The van der Waals surface area contributed by atoms with Gasteiger partial charge in [-0.1, -0.05) is 66.7 Å². The van der Waals surface area contributed by atoms with Crippen molar-refractivity contribution >= 4 is 33.4 Å². The van der Waals surface area contributed by atoms with Crippen LogP contribution in [0.3, 0.4) is 0 Å². The van der Waals surface area contributed by atoms with E-state index in [1.54, 1.807) is 6.20 Å². The van der Waals surface area contributed by atoms with E-state index in [1.165, 1.54) is 11.3 Å². The van der Waals surface area contributed by atoms with E-state index in [9.17, 15) is 5.26 Å². The van der Waals surface area contributed by atoms with Gasteiger partial charge in [0.25, 0.3) is 0 Å². The number of hydrogen-bond donors (Lipinski definition) is 1. The van der Waals surface area contributed by atoms with Gasteiger partial charge in [-0.3, -0.25) is 0 Å². The van der Waals surface area contributed by atoms with Crippen LogP contribution in [0.2, 0.25) is 0 Å². The maximum atomic E-state index is 9.56. The third kappa shape index (κ3) is 3.21. The molecular formula is C22H15N3S. The Balaban J connectivity index is 1.64. The van der Waals surface area contributed by atoms with E-state index in [0.717, 1.165) is 27.7 Å². The summed E-state index contributed by atoms with van der Waals surface area (Å²) >= 11 is 1.47. The molecule has 0 atom stereocenters. The average molecular weight is 353 g/mol. The lowest BCUT2D eigenvalue weighted by atomic mass is 10.1. The van der Waals surface area contributed by atoms with E-state index in [2.05, 4.69) is 34.6 Å². The minimum absolute atomic E-state index is 0.519. The number of anilines is 1. The van der Waals surface area contributed by atoms with Crippen LogP contribution in [0.4, 0.5) is 5.69 Å². The van der Waals surface area contributed by atoms with Gasteiger partial charge in [-0.15, -0.1) is 11.3 Å². The summed E-state index contributed by atoms with van der Waals surface area (Å²) in [4.78, 5) is 4.61. The highest BCUT2D eigenvalue weighted by atomic mass is 32.1. The van der Waals surface area contributed by atoms with Crippen molar-refractivity contribution in [1.29, 1.82) is 5.26 Å². The second kappa shape index (κ2) is 7.22. The van der Waals surface area contributed by atoms with Crippen LogP contribution in [0, 0.1) is 11.3 Å².